The number of rotatable bonds is 8. The number of methoxy groups -OCH3 is 1. The third-order valence-corrected chi connectivity index (χ3v) is 5.20. The van der Waals surface area contributed by atoms with Gasteiger partial charge in [0, 0.05) is 18.1 Å². The first kappa shape index (κ1) is 17.6. The summed E-state index contributed by atoms with van der Waals surface area (Å²) in [5.41, 5.74) is 1.99. The van der Waals surface area contributed by atoms with Gasteiger partial charge < -0.3 is 4.74 Å². The molecule has 0 aliphatic rings. The summed E-state index contributed by atoms with van der Waals surface area (Å²) >= 11 is 2.91. The summed E-state index contributed by atoms with van der Waals surface area (Å²) in [5.74, 6) is 0.392. The Morgan fingerprint density at radius 2 is 2.24 bits per heavy atom. The Kier molecular flexibility index (Phi) is 6.15. The van der Waals surface area contributed by atoms with Crippen molar-refractivity contribution in [3.05, 3.63) is 41.9 Å². The molecule has 7 nitrogen and oxygen atoms in total. The molecule has 1 aromatic carbocycles. The molecule has 0 unspecified atom stereocenters. The third kappa shape index (κ3) is 5.12. The maximum atomic E-state index is 12.0. The van der Waals surface area contributed by atoms with E-state index in [1.54, 1.807) is 18.0 Å². The van der Waals surface area contributed by atoms with Gasteiger partial charge in [-0.2, -0.15) is 0 Å². The molecule has 9 heteroatoms. The number of hydrogen-bond acceptors (Lipinski definition) is 7. The molecule has 0 aliphatic heterocycles. The van der Waals surface area contributed by atoms with Crippen molar-refractivity contribution >= 4 is 34.9 Å². The van der Waals surface area contributed by atoms with E-state index in [0.717, 1.165) is 15.6 Å². The normalized spacial score (nSPS) is 10.8. The number of thioether (sulfide) groups is 1. The van der Waals surface area contributed by atoms with Crippen molar-refractivity contribution in [3.63, 3.8) is 0 Å². The highest BCUT2D eigenvalue weighted by molar-refractivity contribution is 8.01. The molecule has 130 valence electrons. The molecule has 0 radical (unpaired) electrons. The molecule has 0 aliphatic carbocycles. The van der Waals surface area contributed by atoms with E-state index in [1.165, 1.54) is 23.1 Å². The van der Waals surface area contributed by atoms with Crippen LogP contribution in [0, 0.1) is 0 Å². The summed E-state index contributed by atoms with van der Waals surface area (Å²) in [6, 6.07) is 9.95. The van der Waals surface area contributed by atoms with Crippen LogP contribution in [0.2, 0.25) is 0 Å². The molecular weight excluding hydrogens is 360 g/mol. The molecule has 1 N–H and O–H groups in total. The zero-order valence-electron chi connectivity index (χ0n) is 13.5. The van der Waals surface area contributed by atoms with Crippen molar-refractivity contribution in [1.82, 2.24) is 10.3 Å². The van der Waals surface area contributed by atoms with Crippen LogP contribution < -0.4 is 10.00 Å². The van der Waals surface area contributed by atoms with Gasteiger partial charge in [-0.05, 0) is 4.68 Å². The lowest BCUT2D eigenvalue weighted by molar-refractivity contribution is -0.763. The number of thiazole rings is 1. The van der Waals surface area contributed by atoms with Crippen LogP contribution in [0.5, 0.6) is 0 Å². The van der Waals surface area contributed by atoms with E-state index >= 15 is 0 Å². The molecule has 0 saturated carbocycles. The average Bonchev–Trinajstić information content (AvgIpc) is 3.28. The van der Waals surface area contributed by atoms with Gasteiger partial charge in [0.25, 0.3) is 6.20 Å². The molecule has 25 heavy (non-hydrogen) atoms. The predicted molar refractivity (Wildman–Crippen MR) is 95.5 cm³/mol. The number of nitrogens with one attached hydrogen (secondary N) is 1. The Morgan fingerprint density at radius 1 is 1.40 bits per heavy atom. The first-order chi connectivity index (χ1) is 12.2. The van der Waals surface area contributed by atoms with Crippen molar-refractivity contribution in [1.29, 1.82) is 0 Å². The summed E-state index contributed by atoms with van der Waals surface area (Å²) in [6.07, 6.45) is 1.62. The number of hydrogen-bond donors (Lipinski definition) is 1. The lowest BCUT2D eigenvalue weighted by atomic mass is 10.2. The van der Waals surface area contributed by atoms with Crippen molar-refractivity contribution < 1.29 is 18.7 Å². The Balaban J connectivity index is 1.49. The lowest BCUT2D eigenvalue weighted by Crippen LogP contribution is -2.36. The van der Waals surface area contributed by atoms with E-state index in [2.05, 4.69) is 15.6 Å². The van der Waals surface area contributed by atoms with Crippen LogP contribution in [0.25, 0.3) is 11.3 Å². The Morgan fingerprint density at radius 3 is 3.04 bits per heavy atom. The molecule has 1 amide bonds. The van der Waals surface area contributed by atoms with Gasteiger partial charge in [-0.1, -0.05) is 42.1 Å². The highest BCUT2D eigenvalue weighted by Crippen LogP contribution is 2.28. The van der Waals surface area contributed by atoms with Gasteiger partial charge in [0.2, 0.25) is 17.7 Å². The fourth-order valence-electron chi connectivity index (χ4n) is 1.99. The maximum Gasteiger partial charge on any atom is 0.302 e. The largest absolute Gasteiger partial charge is 0.378 e. The van der Waals surface area contributed by atoms with E-state index in [4.69, 9.17) is 9.26 Å². The van der Waals surface area contributed by atoms with E-state index in [0.29, 0.717) is 19.0 Å². The van der Waals surface area contributed by atoms with E-state index < -0.39 is 0 Å². The van der Waals surface area contributed by atoms with Gasteiger partial charge in [-0.15, -0.1) is 11.3 Å². The zero-order chi connectivity index (χ0) is 17.5. The van der Waals surface area contributed by atoms with Crippen LogP contribution >= 0.6 is 23.1 Å². The van der Waals surface area contributed by atoms with Crippen molar-refractivity contribution in [2.24, 2.45) is 0 Å². The number of carbonyl (C=O) groups is 1. The van der Waals surface area contributed by atoms with E-state index in [-0.39, 0.29) is 11.7 Å². The van der Waals surface area contributed by atoms with Gasteiger partial charge in [0.1, 0.15) is 6.61 Å². The summed E-state index contributed by atoms with van der Waals surface area (Å²) in [4.78, 5) is 16.6. The second-order valence-corrected chi connectivity index (χ2v) is 7.10. The molecule has 3 rings (SSSR count). The Bertz CT molecular complexity index is 820. The third-order valence-electron chi connectivity index (χ3n) is 3.18. The fourth-order valence-corrected chi connectivity index (χ4v) is 3.63. The second-order valence-electron chi connectivity index (χ2n) is 5.02. The minimum absolute atomic E-state index is 0.170. The molecule has 2 aromatic heterocycles. The van der Waals surface area contributed by atoms with Gasteiger partial charge in [-0.3, -0.25) is 14.6 Å². The maximum absolute atomic E-state index is 12.0. The first-order valence-corrected chi connectivity index (χ1v) is 9.40. The van der Waals surface area contributed by atoms with E-state index in [9.17, 15) is 4.79 Å². The first-order valence-electron chi connectivity index (χ1n) is 7.53. The molecule has 0 atom stereocenters. The van der Waals surface area contributed by atoms with Crippen LogP contribution in [-0.2, 0) is 16.1 Å². The molecular formula is C16H17N4O3S2+. The highest BCUT2D eigenvalue weighted by Gasteiger charge is 2.14. The quantitative estimate of drug-likeness (QED) is 0.480. The van der Waals surface area contributed by atoms with Gasteiger partial charge in [-0.25, -0.2) is 4.98 Å². The molecule has 3 aromatic rings. The van der Waals surface area contributed by atoms with Crippen molar-refractivity contribution in [2.45, 2.75) is 10.9 Å². The highest BCUT2D eigenvalue weighted by atomic mass is 32.2. The number of nitrogens with zero attached hydrogens (tertiary/aromatic N) is 3. The van der Waals surface area contributed by atoms with Gasteiger partial charge >= 0.3 is 5.88 Å². The number of aromatic nitrogens is 3. The molecule has 0 spiro atoms. The number of carbonyl (C=O) groups excluding carboxylic acids is 1. The second kappa shape index (κ2) is 8.75. The molecule has 0 saturated heterocycles. The average molecular weight is 377 g/mol. The number of benzene rings is 1. The van der Waals surface area contributed by atoms with Gasteiger partial charge in [0.05, 0.1) is 11.4 Å². The van der Waals surface area contributed by atoms with Crippen LogP contribution in [0.3, 0.4) is 0 Å². The minimum atomic E-state index is -0.170. The Labute approximate surface area is 153 Å². The summed E-state index contributed by atoms with van der Waals surface area (Å²) in [5, 5.41) is 8.46. The number of amides is 1. The SMILES string of the molecule is COCC[n+]1cc(NC(=O)CSc2nc(-c3ccccc3)cs2)on1. The predicted octanol–water partition coefficient (Wildman–Crippen LogP) is 2.46. The molecule has 2 heterocycles. The topological polar surface area (TPSA) is 81.1 Å². The monoisotopic (exact) mass is 377 g/mol. The number of ether oxygens (including phenoxy) is 1. The van der Waals surface area contributed by atoms with Crippen LogP contribution in [0.15, 0.2) is 50.8 Å². The minimum Gasteiger partial charge on any atom is -0.378 e. The molecule has 0 fully saturated rings. The fraction of sp³-hybridized carbons (Fsp3) is 0.250. The van der Waals surface area contributed by atoms with E-state index in [1.807, 2.05) is 35.7 Å². The molecule has 0 bridgehead atoms. The van der Waals surface area contributed by atoms with Crippen molar-refractivity contribution in [2.75, 3.05) is 24.8 Å². The van der Waals surface area contributed by atoms with Gasteiger partial charge in [0.15, 0.2) is 4.34 Å². The summed E-state index contributed by atoms with van der Waals surface area (Å²) < 4.78 is 12.4. The zero-order valence-corrected chi connectivity index (χ0v) is 15.2. The Hall–Kier alpha value is -2.23. The van der Waals surface area contributed by atoms with Crippen molar-refractivity contribution in [3.8, 4) is 11.3 Å². The smallest absolute Gasteiger partial charge is 0.302 e. The lowest BCUT2D eigenvalue weighted by Gasteiger charge is -1.97. The summed E-state index contributed by atoms with van der Waals surface area (Å²) in [6.45, 7) is 1.08. The van der Waals surface area contributed by atoms with Crippen LogP contribution in [0.1, 0.15) is 0 Å². The van der Waals surface area contributed by atoms with Crippen LogP contribution in [0.4, 0.5) is 5.88 Å². The number of anilines is 1. The summed E-state index contributed by atoms with van der Waals surface area (Å²) in [7, 11) is 1.61. The standard InChI is InChI=1S/C16H16N4O3S2/c1-22-8-7-20-9-15(23-19-20)18-14(21)11-25-16-17-13(10-24-16)12-5-3-2-4-6-12/h2-6,9-10H,7-8,11H2,1H3/p+1. The van der Waals surface area contributed by atoms with Crippen LogP contribution in [-0.4, -0.2) is 35.6 Å².